The number of nitrogens with zero attached hydrogens (tertiary/aromatic N) is 4. The standard InChI is InChI=1S/C19H29N5O2/c1-13(2)24(14(3)4)12-11-20-18-21-17(22-19(23-18)26-6)15-7-9-16(25-5)10-8-15/h7-10,13-14H,11-12H2,1-6H3,(H,20,21,22,23). The van der Waals surface area contributed by atoms with Crippen molar-refractivity contribution in [3.05, 3.63) is 24.3 Å². The third-order valence-electron chi connectivity index (χ3n) is 4.13. The first kappa shape index (κ1) is 19.9. The van der Waals surface area contributed by atoms with Crippen LogP contribution in [0, 0.1) is 0 Å². The number of aromatic nitrogens is 3. The van der Waals surface area contributed by atoms with Crippen LogP contribution in [0.3, 0.4) is 0 Å². The van der Waals surface area contributed by atoms with Crippen LogP contribution in [0.5, 0.6) is 11.8 Å². The van der Waals surface area contributed by atoms with Crippen molar-refractivity contribution >= 4 is 5.95 Å². The fraction of sp³-hybridized carbons (Fsp3) is 0.526. The minimum atomic E-state index is 0.290. The first-order valence-electron chi connectivity index (χ1n) is 8.88. The van der Waals surface area contributed by atoms with Gasteiger partial charge in [-0.2, -0.15) is 15.0 Å². The maximum Gasteiger partial charge on any atom is 0.321 e. The average molecular weight is 359 g/mol. The van der Waals surface area contributed by atoms with Gasteiger partial charge in [0.05, 0.1) is 14.2 Å². The molecule has 0 unspecified atom stereocenters. The second-order valence-corrected chi connectivity index (χ2v) is 6.55. The summed E-state index contributed by atoms with van der Waals surface area (Å²) < 4.78 is 10.4. The maximum absolute atomic E-state index is 5.23. The first-order chi connectivity index (χ1) is 12.4. The SMILES string of the molecule is COc1ccc(-c2nc(NCCN(C(C)C)C(C)C)nc(OC)n2)cc1. The van der Waals surface area contributed by atoms with E-state index < -0.39 is 0 Å². The van der Waals surface area contributed by atoms with Gasteiger partial charge in [0.1, 0.15) is 5.75 Å². The summed E-state index contributed by atoms with van der Waals surface area (Å²) in [5.74, 6) is 1.86. The maximum atomic E-state index is 5.23. The van der Waals surface area contributed by atoms with Crippen LogP contribution in [0.25, 0.3) is 11.4 Å². The van der Waals surface area contributed by atoms with Gasteiger partial charge in [-0.25, -0.2) is 0 Å². The molecule has 7 nitrogen and oxygen atoms in total. The average Bonchev–Trinajstić information content (AvgIpc) is 2.64. The lowest BCUT2D eigenvalue weighted by atomic mass is 10.2. The molecule has 0 aliphatic heterocycles. The van der Waals surface area contributed by atoms with Crippen LogP contribution in [0.1, 0.15) is 27.7 Å². The van der Waals surface area contributed by atoms with Gasteiger partial charge in [-0.1, -0.05) is 0 Å². The van der Waals surface area contributed by atoms with Gasteiger partial charge in [-0.05, 0) is 52.0 Å². The van der Waals surface area contributed by atoms with Crippen molar-refractivity contribution in [2.45, 2.75) is 39.8 Å². The molecular formula is C19H29N5O2. The Kier molecular flexibility index (Phi) is 7.15. The molecule has 0 aliphatic rings. The van der Waals surface area contributed by atoms with Crippen LogP contribution in [-0.2, 0) is 0 Å². The van der Waals surface area contributed by atoms with E-state index in [4.69, 9.17) is 9.47 Å². The van der Waals surface area contributed by atoms with E-state index in [0.717, 1.165) is 24.4 Å². The summed E-state index contributed by atoms with van der Waals surface area (Å²) >= 11 is 0. The van der Waals surface area contributed by atoms with Gasteiger partial charge >= 0.3 is 6.01 Å². The van der Waals surface area contributed by atoms with Gasteiger partial charge in [-0.15, -0.1) is 0 Å². The summed E-state index contributed by atoms with van der Waals surface area (Å²) in [5, 5.41) is 3.28. The Morgan fingerprint density at radius 2 is 1.58 bits per heavy atom. The van der Waals surface area contributed by atoms with Crippen molar-refractivity contribution in [3.63, 3.8) is 0 Å². The lowest BCUT2D eigenvalue weighted by Gasteiger charge is -2.30. The smallest absolute Gasteiger partial charge is 0.321 e. The number of methoxy groups -OCH3 is 2. The van der Waals surface area contributed by atoms with E-state index in [-0.39, 0.29) is 6.01 Å². The molecule has 0 atom stereocenters. The van der Waals surface area contributed by atoms with Crippen molar-refractivity contribution in [3.8, 4) is 23.1 Å². The van der Waals surface area contributed by atoms with Gasteiger partial charge in [-0.3, -0.25) is 4.90 Å². The predicted molar refractivity (Wildman–Crippen MR) is 104 cm³/mol. The molecule has 1 heterocycles. The molecular weight excluding hydrogens is 330 g/mol. The van der Waals surface area contributed by atoms with E-state index in [1.54, 1.807) is 14.2 Å². The van der Waals surface area contributed by atoms with Crippen LogP contribution < -0.4 is 14.8 Å². The molecule has 1 aromatic heterocycles. The van der Waals surface area contributed by atoms with Crippen LogP contribution in [0.4, 0.5) is 5.95 Å². The van der Waals surface area contributed by atoms with Crippen LogP contribution in [0.2, 0.25) is 0 Å². The molecule has 7 heteroatoms. The van der Waals surface area contributed by atoms with E-state index in [1.807, 2.05) is 24.3 Å². The third-order valence-corrected chi connectivity index (χ3v) is 4.13. The molecule has 0 amide bonds. The highest BCUT2D eigenvalue weighted by atomic mass is 16.5. The Morgan fingerprint density at radius 1 is 0.923 bits per heavy atom. The Bertz CT molecular complexity index is 681. The molecule has 0 saturated carbocycles. The predicted octanol–water partition coefficient (Wildman–Crippen LogP) is 3.09. The van der Waals surface area contributed by atoms with Crippen LogP contribution in [-0.4, -0.2) is 59.2 Å². The zero-order valence-corrected chi connectivity index (χ0v) is 16.5. The molecule has 0 aliphatic carbocycles. The quantitative estimate of drug-likeness (QED) is 0.737. The van der Waals surface area contributed by atoms with Crippen molar-refractivity contribution in [1.82, 2.24) is 19.9 Å². The fourth-order valence-electron chi connectivity index (χ4n) is 2.81. The molecule has 0 saturated heterocycles. The van der Waals surface area contributed by atoms with Gasteiger partial charge in [0.2, 0.25) is 5.95 Å². The van der Waals surface area contributed by atoms with Crippen LogP contribution in [0.15, 0.2) is 24.3 Å². The topological polar surface area (TPSA) is 72.4 Å². The molecule has 0 radical (unpaired) electrons. The Morgan fingerprint density at radius 3 is 2.12 bits per heavy atom. The molecule has 2 rings (SSSR count). The van der Waals surface area contributed by atoms with Crippen molar-refractivity contribution in [2.75, 3.05) is 32.6 Å². The largest absolute Gasteiger partial charge is 0.497 e. The second kappa shape index (κ2) is 9.33. The highest BCUT2D eigenvalue weighted by molar-refractivity contribution is 5.57. The van der Waals surface area contributed by atoms with Gasteiger partial charge in [0, 0.05) is 30.7 Å². The zero-order chi connectivity index (χ0) is 19.1. The van der Waals surface area contributed by atoms with Gasteiger partial charge in [0.15, 0.2) is 5.82 Å². The summed E-state index contributed by atoms with van der Waals surface area (Å²) in [6.07, 6.45) is 0. The summed E-state index contributed by atoms with van der Waals surface area (Å²) in [6.45, 7) is 10.5. The summed E-state index contributed by atoms with van der Waals surface area (Å²) in [5.41, 5.74) is 0.875. The molecule has 0 fully saturated rings. The van der Waals surface area contributed by atoms with Crippen molar-refractivity contribution in [1.29, 1.82) is 0 Å². The zero-order valence-electron chi connectivity index (χ0n) is 16.5. The molecule has 142 valence electrons. The molecule has 1 aromatic carbocycles. The fourth-order valence-corrected chi connectivity index (χ4v) is 2.81. The Balaban J connectivity index is 2.13. The Hall–Kier alpha value is -2.41. The molecule has 1 N–H and O–H groups in total. The van der Waals surface area contributed by atoms with E-state index >= 15 is 0 Å². The first-order valence-corrected chi connectivity index (χ1v) is 8.88. The number of ether oxygens (including phenoxy) is 2. The highest BCUT2D eigenvalue weighted by Crippen LogP contribution is 2.21. The molecule has 26 heavy (non-hydrogen) atoms. The van der Waals surface area contributed by atoms with Crippen molar-refractivity contribution in [2.24, 2.45) is 0 Å². The van der Waals surface area contributed by atoms with Crippen molar-refractivity contribution < 1.29 is 9.47 Å². The lowest BCUT2D eigenvalue weighted by molar-refractivity contribution is 0.182. The van der Waals surface area contributed by atoms with E-state index in [0.29, 0.717) is 23.9 Å². The molecule has 0 bridgehead atoms. The van der Waals surface area contributed by atoms with Gasteiger partial charge in [0.25, 0.3) is 0 Å². The Labute approximate surface area is 155 Å². The van der Waals surface area contributed by atoms with Crippen LogP contribution >= 0.6 is 0 Å². The van der Waals surface area contributed by atoms with E-state index in [1.165, 1.54) is 0 Å². The van der Waals surface area contributed by atoms with Gasteiger partial charge < -0.3 is 14.8 Å². The summed E-state index contributed by atoms with van der Waals surface area (Å²) in [6, 6.07) is 8.84. The van der Waals surface area contributed by atoms with E-state index in [2.05, 4.69) is 52.9 Å². The van der Waals surface area contributed by atoms with E-state index in [9.17, 15) is 0 Å². The third kappa shape index (κ3) is 5.29. The number of hydrogen-bond donors (Lipinski definition) is 1. The number of rotatable bonds is 9. The summed E-state index contributed by atoms with van der Waals surface area (Å²) in [7, 11) is 3.19. The normalized spacial score (nSPS) is 11.3. The minimum absolute atomic E-state index is 0.290. The number of benzene rings is 1. The monoisotopic (exact) mass is 359 g/mol. The molecule has 2 aromatic rings. The lowest BCUT2D eigenvalue weighted by Crippen LogP contribution is -2.40. The number of nitrogens with one attached hydrogen (secondary N) is 1. The second-order valence-electron chi connectivity index (χ2n) is 6.55. The number of anilines is 1. The molecule has 0 spiro atoms. The minimum Gasteiger partial charge on any atom is -0.497 e. The highest BCUT2D eigenvalue weighted by Gasteiger charge is 2.14. The number of hydrogen-bond acceptors (Lipinski definition) is 7. The summed E-state index contributed by atoms with van der Waals surface area (Å²) in [4.78, 5) is 15.6.